The molecular formula is C28H29FN6OS. The first-order chi connectivity index (χ1) is 18.0. The minimum atomic E-state index is 0.114. The van der Waals surface area contributed by atoms with Gasteiger partial charge in [-0.05, 0) is 61.2 Å². The molecule has 0 saturated carbocycles. The summed E-state index contributed by atoms with van der Waals surface area (Å²) in [4.78, 5) is 14.3. The number of halogens is 1. The largest absolute Gasteiger partial charge is 0.383 e. The zero-order valence-electron chi connectivity index (χ0n) is 21.0. The van der Waals surface area contributed by atoms with E-state index in [1.807, 2.05) is 24.3 Å². The van der Waals surface area contributed by atoms with Crippen molar-refractivity contribution in [2.24, 2.45) is 25.9 Å². The Morgan fingerprint density at radius 2 is 1.89 bits per heavy atom. The molecule has 2 N–H and O–H groups in total. The Hall–Kier alpha value is -3.98. The van der Waals surface area contributed by atoms with Crippen molar-refractivity contribution < 1.29 is 9.47 Å². The van der Waals surface area contributed by atoms with Gasteiger partial charge in [0.25, 0.3) is 0 Å². The summed E-state index contributed by atoms with van der Waals surface area (Å²) in [6, 6.07) is 20.5. The first-order valence-electron chi connectivity index (χ1n) is 12.0. The topological polar surface area (TPSA) is 87.9 Å². The van der Waals surface area contributed by atoms with Crippen LogP contribution < -0.4 is 15.6 Å². The highest BCUT2D eigenvalue weighted by atomic mass is 32.2. The predicted molar refractivity (Wildman–Crippen MR) is 153 cm³/mol. The fourth-order valence-corrected chi connectivity index (χ4v) is 5.03. The van der Waals surface area contributed by atoms with E-state index in [9.17, 15) is 4.53 Å². The lowest BCUT2D eigenvalue weighted by molar-refractivity contribution is -0.00618. The van der Waals surface area contributed by atoms with Gasteiger partial charge >= 0.3 is 0 Å². The molecule has 0 radical (unpaired) electrons. The smallest absolute Gasteiger partial charge is 0.190 e. The SMILES string of the molecule is CCc1cccc(C)c1N1/C(=N/N=C/c2ccc(C(N)=NC=Nc3ccc(OF)cc3)cc2)SCC1C. The molecule has 3 aromatic rings. The number of amidine groups is 2. The van der Waals surface area contributed by atoms with Gasteiger partial charge in [0.1, 0.15) is 12.2 Å². The summed E-state index contributed by atoms with van der Waals surface area (Å²) in [5.41, 5.74) is 12.1. The number of nitrogens with two attached hydrogens (primary N) is 1. The normalized spacial score (nSPS) is 17.4. The molecule has 1 atom stereocenters. The van der Waals surface area contributed by atoms with Gasteiger partial charge in [0.15, 0.2) is 10.9 Å². The second-order valence-electron chi connectivity index (χ2n) is 8.55. The summed E-state index contributed by atoms with van der Waals surface area (Å²) in [7, 11) is 0. The standard InChI is InChI=1S/C28H29FN6OS/c1-4-22-7-5-6-19(2)26(22)35-20(3)17-37-28(35)34-33-16-21-8-10-23(11-9-21)27(30)32-18-31-24-12-14-25(36-29)15-13-24/h5-16,18,20H,4,17H2,1-3H3,(H2,30,31,32)/b33-16+,34-28-. The molecule has 9 heteroatoms. The van der Waals surface area contributed by atoms with Gasteiger partial charge in [0.05, 0.1) is 11.9 Å². The van der Waals surface area contributed by atoms with Crippen LogP contribution in [0.3, 0.4) is 0 Å². The molecule has 1 unspecified atom stereocenters. The monoisotopic (exact) mass is 516 g/mol. The molecule has 1 aliphatic heterocycles. The zero-order chi connectivity index (χ0) is 26.2. The van der Waals surface area contributed by atoms with Gasteiger partial charge in [0, 0.05) is 27.6 Å². The molecule has 7 nitrogen and oxygen atoms in total. The highest BCUT2D eigenvalue weighted by molar-refractivity contribution is 8.14. The van der Waals surface area contributed by atoms with Crippen LogP contribution in [0.5, 0.6) is 5.75 Å². The summed E-state index contributed by atoms with van der Waals surface area (Å²) in [6.07, 6.45) is 4.06. The van der Waals surface area contributed by atoms with E-state index >= 15 is 0 Å². The summed E-state index contributed by atoms with van der Waals surface area (Å²) in [5.74, 6) is 1.41. The number of anilines is 1. The van der Waals surface area contributed by atoms with Gasteiger partial charge < -0.3 is 10.6 Å². The van der Waals surface area contributed by atoms with E-state index in [4.69, 9.17) is 5.73 Å². The van der Waals surface area contributed by atoms with Crippen LogP contribution in [-0.4, -0.2) is 35.4 Å². The number of aliphatic imine (C=N–C) groups is 2. The van der Waals surface area contributed by atoms with Crippen LogP contribution >= 0.6 is 11.8 Å². The molecule has 0 aliphatic carbocycles. The average molecular weight is 517 g/mol. The Labute approximate surface area is 220 Å². The summed E-state index contributed by atoms with van der Waals surface area (Å²) >= 11 is 1.73. The van der Waals surface area contributed by atoms with Crippen LogP contribution in [0.2, 0.25) is 0 Å². The second-order valence-corrected chi connectivity index (χ2v) is 9.53. The van der Waals surface area contributed by atoms with E-state index in [2.05, 4.69) is 69.0 Å². The Morgan fingerprint density at radius 1 is 1.14 bits per heavy atom. The third-order valence-corrected chi connectivity index (χ3v) is 7.12. The number of nitrogens with zero attached hydrogens (tertiary/aromatic N) is 5. The molecule has 1 aliphatic rings. The quantitative estimate of drug-likeness (QED) is 0.219. The van der Waals surface area contributed by atoms with Crippen molar-refractivity contribution in [3.8, 4) is 5.75 Å². The van der Waals surface area contributed by atoms with Crippen molar-refractivity contribution in [2.75, 3.05) is 10.7 Å². The molecular weight excluding hydrogens is 487 g/mol. The molecule has 0 aromatic heterocycles. The molecule has 1 fully saturated rings. The van der Waals surface area contributed by atoms with Gasteiger partial charge in [-0.2, -0.15) is 5.10 Å². The highest BCUT2D eigenvalue weighted by Gasteiger charge is 2.30. The fourth-order valence-electron chi connectivity index (χ4n) is 3.97. The average Bonchev–Trinajstić information content (AvgIpc) is 3.28. The number of hydrogen-bond acceptors (Lipinski definition) is 5. The van der Waals surface area contributed by atoms with Crippen LogP contribution in [0.1, 0.15) is 36.1 Å². The van der Waals surface area contributed by atoms with Gasteiger partial charge in [0.2, 0.25) is 0 Å². The molecule has 1 saturated heterocycles. The van der Waals surface area contributed by atoms with E-state index in [0.717, 1.165) is 28.5 Å². The molecule has 1 heterocycles. The lowest BCUT2D eigenvalue weighted by Crippen LogP contribution is -2.33. The predicted octanol–water partition coefficient (Wildman–Crippen LogP) is 6.22. The molecule has 0 spiro atoms. The van der Waals surface area contributed by atoms with Crippen molar-refractivity contribution in [1.82, 2.24) is 0 Å². The Kier molecular flexibility index (Phi) is 8.68. The van der Waals surface area contributed by atoms with Gasteiger partial charge in [-0.25, -0.2) is 9.98 Å². The van der Waals surface area contributed by atoms with Crippen LogP contribution in [0.15, 0.2) is 86.9 Å². The third kappa shape index (κ3) is 6.42. The minimum absolute atomic E-state index is 0.114. The Balaban J connectivity index is 1.43. The van der Waals surface area contributed by atoms with Crippen LogP contribution in [-0.2, 0) is 6.42 Å². The van der Waals surface area contributed by atoms with Crippen LogP contribution in [0, 0.1) is 6.92 Å². The van der Waals surface area contributed by atoms with E-state index in [1.165, 1.54) is 35.3 Å². The van der Waals surface area contributed by atoms with Gasteiger partial charge in [-0.1, -0.05) is 61.2 Å². The van der Waals surface area contributed by atoms with Crippen LogP contribution in [0.4, 0.5) is 15.9 Å². The number of aryl methyl sites for hydroxylation is 2. The Morgan fingerprint density at radius 3 is 2.59 bits per heavy atom. The van der Waals surface area contributed by atoms with Crippen molar-refractivity contribution in [3.63, 3.8) is 0 Å². The number of thioether (sulfide) groups is 1. The lowest BCUT2D eigenvalue weighted by Gasteiger charge is -2.27. The van der Waals surface area contributed by atoms with E-state index in [1.54, 1.807) is 30.1 Å². The summed E-state index contributed by atoms with van der Waals surface area (Å²) in [6.45, 7) is 6.55. The van der Waals surface area contributed by atoms with Gasteiger partial charge in [-0.15, -0.1) is 5.10 Å². The summed E-state index contributed by atoms with van der Waals surface area (Å²) < 4.78 is 12.1. The van der Waals surface area contributed by atoms with Crippen molar-refractivity contribution in [2.45, 2.75) is 33.2 Å². The maximum atomic E-state index is 12.1. The van der Waals surface area contributed by atoms with Crippen molar-refractivity contribution >= 4 is 46.7 Å². The lowest BCUT2D eigenvalue weighted by atomic mass is 10.0. The number of para-hydroxylation sites is 1. The van der Waals surface area contributed by atoms with Crippen molar-refractivity contribution in [1.29, 1.82) is 0 Å². The number of hydrogen-bond donors (Lipinski definition) is 1. The molecule has 190 valence electrons. The molecule has 37 heavy (non-hydrogen) atoms. The van der Waals surface area contributed by atoms with E-state index in [-0.39, 0.29) is 5.75 Å². The van der Waals surface area contributed by atoms with Crippen LogP contribution in [0.25, 0.3) is 0 Å². The second kappa shape index (κ2) is 12.3. The maximum absolute atomic E-state index is 12.1. The van der Waals surface area contributed by atoms with Crippen molar-refractivity contribution in [3.05, 3.63) is 89.0 Å². The van der Waals surface area contributed by atoms with E-state index in [0.29, 0.717) is 17.6 Å². The first kappa shape index (κ1) is 26.1. The molecule has 4 rings (SSSR count). The molecule has 3 aromatic carbocycles. The minimum Gasteiger partial charge on any atom is -0.383 e. The molecule has 0 bridgehead atoms. The molecule has 0 amide bonds. The third-order valence-electron chi connectivity index (χ3n) is 5.93. The maximum Gasteiger partial charge on any atom is 0.190 e. The Bertz CT molecular complexity index is 1340. The first-order valence-corrected chi connectivity index (χ1v) is 12.9. The fraction of sp³-hybridized carbons (Fsp3) is 0.214. The zero-order valence-corrected chi connectivity index (χ0v) is 21.8. The van der Waals surface area contributed by atoms with E-state index < -0.39 is 0 Å². The summed E-state index contributed by atoms with van der Waals surface area (Å²) in [5, 5.41) is 9.85. The number of rotatable bonds is 8. The highest BCUT2D eigenvalue weighted by Crippen LogP contribution is 2.35. The van der Waals surface area contributed by atoms with Gasteiger partial charge in [-0.3, -0.25) is 4.94 Å². The number of benzene rings is 3.